The number of nitrogens with zero attached hydrogens (tertiary/aromatic N) is 1. The standard InChI is InChI=1S/C15H16N2O2/c1-12(11-19-14-7-3-2-4-8-14)17-15(18)13-6-5-9-16-10-13/h2-10,12H,11H2,1H3,(H,17,18)/t12-/m0/s1. The first kappa shape index (κ1) is 13.1. The number of carbonyl (C=O) groups is 1. The van der Waals surface area contributed by atoms with Crippen LogP contribution in [-0.2, 0) is 0 Å². The third kappa shape index (κ3) is 4.10. The molecule has 1 aromatic carbocycles. The van der Waals surface area contributed by atoms with E-state index in [4.69, 9.17) is 4.74 Å². The molecule has 0 radical (unpaired) electrons. The van der Waals surface area contributed by atoms with Crippen molar-refractivity contribution in [3.05, 3.63) is 60.4 Å². The molecule has 98 valence electrons. The molecule has 0 spiro atoms. The predicted molar refractivity (Wildman–Crippen MR) is 73.1 cm³/mol. The van der Waals surface area contributed by atoms with Crippen molar-refractivity contribution >= 4 is 5.91 Å². The van der Waals surface area contributed by atoms with Gasteiger partial charge in [0, 0.05) is 12.4 Å². The third-order valence-corrected chi connectivity index (χ3v) is 2.54. The van der Waals surface area contributed by atoms with Crippen LogP contribution in [0.15, 0.2) is 54.9 Å². The highest BCUT2D eigenvalue weighted by Gasteiger charge is 2.09. The summed E-state index contributed by atoms with van der Waals surface area (Å²) in [5, 5.41) is 2.86. The van der Waals surface area contributed by atoms with Crippen molar-refractivity contribution in [3.8, 4) is 5.75 Å². The Bertz CT molecular complexity index is 514. The molecule has 1 N–H and O–H groups in total. The van der Waals surface area contributed by atoms with Crippen molar-refractivity contribution in [2.75, 3.05) is 6.61 Å². The SMILES string of the molecule is C[C@@H](COc1ccccc1)NC(=O)c1cccnc1. The molecule has 0 fully saturated rings. The van der Waals surface area contributed by atoms with Gasteiger partial charge in [0.05, 0.1) is 11.6 Å². The number of carbonyl (C=O) groups excluding carboxylic acids is 1. The van der Waals surface area contributed by atoms with E-state index in [0.29, 0.717) is 12.2 Å². The van der Waals surface area contributed by atoms with Gasteiger partial charge in [0.2, 0.25) is 0 Å². The number of pyridine rings is 1. The molecule has 4 heteroatoms. The fraction of sp³-hybridized carbons (Fsp3) is 0.200. The van der Waals surface area contributed by atoms with Crippen LogP contribution < -0.4 is 10.1 Å². The Balaban J connectivity index is 1.81. The molecule has 1 amide bonds. The van der Waals surface area contributed by atoms with Gasteiger partial charge in [-0.1, -0.05) is 18.2 Å². The summed E-state index contributed by atoms with van der Waals surface area (Å²) in [6, 6.07) is 12.9. The summed E-state index contributed by atoms with van der Waals surface area (Å²) in [6.07, 6.45) is 3.18. The van der Waals surface area contributed by atoms with Crippen LogP contribution in [0, 0.1) is 0 Å². The largest absolute Gasteiger partial charge is 0.491 e. The molecule has 0 bridgehead atoms. The normalized spacial score (nSPS) is 11.6. The lowest BCUT2D eigenvalue weighted by atomic mass is 10.2. The molecule has 0 saturated carbocycles. The van der Waals surface area contributed by atoms with Crippen LogP contribution in [0.3, 0.4) is 0 Å². The Kier molecular flexibility index (Phi) is 4.50. The highest BCUT2D eigenvalue weighted by atomic mass is 16.5. The molecule has 4 nitrogen and oxygen atoms in total. The molecular formula is C15H16N2O2. The summed E-state index contributed by atoms with van der Waals surface area (Å²) < 4.78 is 5.57. The van der Waals surface area contributed by atoms with E-state index < -0.39 is 0 Å². The number of hydrogen-bond acceptors (Lipinski definition) is 3. The van der Waals surface area contributed by atoms with Gasteiger partial charge in [-0.2, -0.15) is 0 Å². The van der Waals surface area contributed by atoms with Gasteiger partial charge < -0.3 is 10.1 Å². The third-order valence-electron chi connectivity index (χ3n) is 2.54. The quantitative estimate of drug-likeness (QED) is 0.893. The van der Waals surface area contributed by atoms with Crippen LogP contribution in [0.1, 0.15) is 17.3 Å². The predicted octanol–water partition coefficient (Wildman–Crippen LogP) is 2.28. The van der Waals surface area contributed by atoms with Gasteiger partial charge in [-0.15, -0.1) is 0 Å². The van der Waals surface area contributed by atoms with Gasteiger partial charge in [0.15, 0.2) is 0 Å². The molecule has 2 rings (SSSR count). The summed E-state index contributed by atoms with van der Waals surface area (Å²) in [4.78, 5) is 15.8. The lowest BCUT2D eigenvalue weighted by Crippen LogP contribution is -2.36. The first-order valence-electron chi connectivity index (χ1n) is 6.14. The van der Waals surface area contributed by atoms with E-state index in [-0.39, 0.29) is 11.9 Å². The first-order valence-corrected chi connectivity index (χ1v) is 6.14. The monoisotopic (exact) mass is 256 g/mol. The average Bonchev–Trinajstić information content (AvgIpc) is 2.47. The van der Waals surface area contributed by atoms with Gasteiger partial charge in [0.25, 0.3) is 5.91 Å². The fourth-order valence-electron chi connectivity index (χ4n) is 1.58. The lowest BCUT2D eigenvalue weighted by molar-refractivity contribution is 0.0926. The number of amides is 1. The van der Waals surface area contributed by atoms with Crippen molar-refractivity contribution < 1.29 is 9.53 Å². The van der Waals surface area contributed by atoms with E-state index in [9.17, 15) is 4.79 Å². The van der Waals surface area contributed by atoms with Gasteiger partial charge >= 0.3 is 0 Å². The van der Waals surface area contributed by atoms with Crippen molar-refractivity contribution in [2.45, 2.75) is 13.0 Å². The topological polar surface area (TPSA) is 51.2 Å². The molecule has 0 aliphatic rings. The van der Waals surface area contributed by atoms with E-state index >= 15 is 0 Å². The Hall–Kier alpha value is -2.36. The molecule has 0 unspecified atom stereocenters. The molecule has 0 aliphatic carbocycles. The van der Waals surface area contributed by atoms with Gasteiger partial charge in [-0.3, -0.25) is 9.78 Å². The van der Waals surface area contributed by atoms with Crippen molar-refractivity contribution in [2.24, 2.45) is 0 Å². The van der Waals surface area contributed by atoms with Gasteiger partial charge in [-0.25, -0.2) is 0 Å². The molecular weight excluding hydrogens is 240 g/mol. The zero-order valence-electron chi connectivity index (χ0n) is 10.7. The van der Waals surface area contributed by atoms with Crippen LogP contribution in [0.5, 0.6) is 5.75 Å². The summed E-state index contributed by atoms with van der Waals surface area (Å²) in [5.41, 5.74) is 0.550. The van der Waals surface area contributed by atoms with E-state index in [1.54, 1.807) is 24.5 Å². The molecule has 1 heterocycles. The zero-order valence-corrected chi connectivity index (χ0v) is 10.7. The first-order chi connectivity index (χ1) is 9.25. The van der Waals surface area contributed by atoms with Crippen LogP contribution in [0.4, 0.5) is 0 Å². The molecule has 0 aliphatic heterocycles. The maximum absolute atomic E-state index is 11.9. The van der Waals surface area contributed by atoms with E-state index in [2.05, 4.69) is 10.3 Å². The second kappa shape index (κ2) is 6.54. The van der Waals surface area contributed by atoms with Crippen molar-refractivity contribution in [1.29, 1.82) is 0 Å². The Morgan fingerprint density at radius 2 is 2.05 bits per heavy atom. The van der Waals surface area contributed by atoms with Gasteiger partial charge in [-0.05, 0) is 31.2 Å². The van der Waals surface area contributed by atoms with Crippen LogP contribution in [0.25, 0.3) is 0 Å². The number of aromatic nitrogens is 1. The Labute approximate surface area is 112 Å². The average molecular weight is 256 g/mol. The molecule has 2 aromatic rings. The van der Waals surface area contributed by atoms with E-state index in [1.807, 2.05) is 37.3 Å². The van der Waals surface area contributed by atoms with Gasteiger partial charge in [0.1, 0.15) is 12.4 Å². The highest BCUT2D eigenvalue weighted by Crippen LogP contribution is 2.08. The summed E-state index contributed by atoms with van der Waals surface area (Å²) >= 11 is 0. The van der Waals surface area contributed by atoms with Crippen LogP contribution in [0.2, 0.25) is 0 Å². The smallest absolute Gasteiger partial charge is 0.253 e. The molecule has 0 saturated heterocycles. The second-order valence-corrected chi connectivity index (χ2v) is 4.24. The van der Waals surface area contributed by atoms with Crippen molar-refractivity contribution in [3.63, 3.8) is 0 Å². The maximum Gasteiger partial charge on any atom is 0.253 e. The van der Waals surface area contributed by atoms with E-state index in [1.165, 1.54) is 0 Å². The number of ether oxygens (including phenoxy) is 1. The number of nitrogens with one attached hydrogen (secondary N) is 1. The summed E-state index contributed by atoms with van der Waals surface area (Å²) in [6.45, 7) is 2.33. The number of hydrogen-bond donors (Lipinski definition) is 1. The summed E-state index contributed by atoms with van der Waals surface area (Å²) in [7, 11) is 0. The summed E-state index contributed by atoms with van der Waals surface area (Å²) in [5.74, 6) is 0.655. The van der Waals surface area contributed by atoms with Crippen LogP contribution >= 0.6 is 0 Å². The maximum atomic E-state index is 11.9. The minimum Gasteiger partial charge on any atom is -0.491 e. The Morgan fingerprint density at radius 1 is 1.26 bits per heavy atom. The fourth-order valence-corrected chi connectivity index (χ4v) is 1.58. The lowest BCUT2D eigenvalue weighted by Gasteiger charge is -2.14. The number of benzene rings is 1. The minimum absolute atomic E-state index is 0.0760. The van der Waals surface area contributed by atoms with Crippen molar-refractivity contribution in [1.82, 2.24) is 10.3 Å². The Morgan fingerprint density at radius 3 is 2.74 bits per heavy atom. The zero-order chi connectivity index (χ0) is 13.5. The molecule has 1 atom stereocenters. The molecule has 1 aromatic heterocycles. The van der Waals surface area contributed by atoms with E-state index in [0.717, 1.165) is 5.75 Å². The second-order valence-electron chi connectivity index (χ2n) is 4.24. The minimum atomic E-state index is -0.141. The number of rotatable bonds is 5. The highest BCUT2D eigenvalue weighted by molar-refractivity contribution is 5.93. The van der Waals surface area contributed by atoms with Crippen LogP contribution in [-0.4, -0.2) is 23.5 Å². The molecule has 19 heavy (non-hydrogen) atoms. The number of para-hydroxylation sites is 1.